The van der Waals surface area contributed by atoms with Gasteiger partial charge in [-0.1, -0.05) is 6.07 Å². The molecule has 20 heavy (non-hydrogen) atoms. The quantitative estimate of drug-likeness (QED) is 0.691. The summed E-state index contributed by atoms with van der Waals surface area (Å²) < 4.78 is 26.8. The highest BCUT2D eigenvalue weighted by atomic mass is 32.2. The van der Waals surface area contributed by atoms with Crippen molar-refractivity contribution in [2.24, 2.45) is 11.7 Å². The topological polar surface area (TPSA) is 101 Å². The number of hydrogen-bond acceptors (Lipinski definition) is 4. The first kappa shape index (κ1) is 15.0. The standard InChI is InChI=1S/C13H19N3O3S/c14-13(17)11-2-1-3-12(8-11)20(18,19)16-7-5-10-4-6-15-9-10/h1-3,8,10,15-16H,4-7,9H2,(H2,14,17). The minimum Gasteiger partial charge on any atom is -0.366 e. The van der Waals surface area contributed by atoms with Gasteiger partial charge in [-0.2, -0.15) is 0 Å². The van der Waals surface area contributed by atoms with Crippen molar-refractivity contribution >= 4 is 15.9 Å². The van der Waals surface area contributed by atoms with E-state index >= 15 is 0 Å². The molecule has 1 saturated heterocycles. The monoisotopic (exact) mass is 297 g/mol. The van der Waals surface area contributed by atoms with Crippen molar-refractivity contribution in [2.45, 2.75) is 17.7 Å². The van der Waals surface area contributed by atoms with Gasteiger partial charge in [0.2, 0.25) is 15.9 Å². The van der Waals surface area contributed by atoms with E-state index in [0.29, 0.717) is 12.5 Å². The molecule has 1 aliphatic rings. The van der Waals surface area contributed by atoms with Gasteiger partial charge in [-0.3, -0.25) is 4.79 Å². The molecule has 0 spiro atoms. The Hall–Kier alpha value is -1.44. The van der Waals surface area contributed by atoms with Crippen LogP contribution in [0.15, 0.2) is 29.2 Å². The number of amides is 1. The lowest BCUT2D eigenvalue weighted by molar-refractivity contribution is 0.1000. The van der Waals surface area contributed by atoms with Gasteiger partial charge in [0, 0.05) is 12.1 Å². The lowest BCUT2D eigenvalue weighted by atomic mass is 10.1. The van der Waals surface area contributed by atoms with E-state index in [1.165, 1.54) is 24.3 Å². The molecule has 0 bridgehead atoms. The average Bonchev–Trinajstić information content (AvgIpc) is 2.92. The van der Waals surface area contributed by atoms with E-state index in [1.807, 2.05) is 0 Å². The van der Waals surface area contributed by atoms with Crippen LogP contribution in [0.1, 0.15) is 23.2 Å². The van der Waals surface area contributed by atoms with Crippen molar-refractivity contribution < 1.29 is 13.2 Å². The summed E-state index contributed by atoms with van der Waals surface area (Å²) in [4.78, 5) is 11.1. The maximum Gasteiger partial charge on any atom is 0.248 e. The zero-order valence-corrected chi connectivity index (χ0v) is 11.9. The highest BCUT2D eigenvalue weighted by molar-refractivity contribution is 7.89. The third-order valence-corrected chi connectivity index (χ3v) is 4.89. The molecule has 1 atom stereocenters. The Labute approximate surface area is 118 Å². The lowest BCUT2D eigenvalue weighted by Gasteiger charge is -2.10. The number of primary amides is 1. The minimum atomic E-state index is -3.59. The van der Waals surface area contributed by atoms with Gasteiger partial charge in [-0.05, 0) is 50.0 Å². The van der Waals surface area contributed by atoms with Gasteiger partial charge >= 0.3 is 0 Å². The number of carbonyl (C=O) groups is 1. The van der Waals surface area contributed by atoms with Gasteiger partial charge in [0.1, 0.15) is 0 Å². The number of benzene rings is 1. The Morgan fingerprint density at radius 3 is 2.90 bits per heavy atom. The van der Waals surface area contributed by atoms with Crippen LogP contribution in [0.4, 0.5) is 0 Å². The third kappa shape index (κ3) is 3.78. The molecule has 1 aliphatic heterocycles. The molecule has 1 aromatic carbocycles. The van der Waals surface area contributed by atoms with E-state index in [-0.39, 0.29) is 10.5 Å². The van der Waals surface area contributed by atoms with E-state index in [4.69, 9.17) is 5.73 Å². The predicted molar refractivity (Wildman–Crippen MR) is 75.7 cm³/mol. The number of hydrogen-bond donors (Lipinski definition) is 3. The molecule has 2 rings (SSSR count). The number of carbonyl (C=O) groups excluding carboxylic acids is 1. The summed E-state index contributed by atoms with van der Waals surface area (Å²) in [5.41, 5.74) is 5.34. The average molecular weight is 297 g/mol. The highest BCUT2D eigenvalue weighted by Gasteiger charge is 2.18. The van der Waals surface area contributed by atoms with Gasteiger partial charge in [0.25, 0.3) is 0 Å². The van der Waals surface area contributed by atoms with E-state index in [2.05, 4.69) is 10.0 Å². The molecule has 0 aliphatic carbocycles. The van der Waals surface area contributed by atoms with Crippen LogP contribution in [0.5, 0.6) is 0 Å². The van der Waals surface area contributed by atoms with Crippen LogP contribution in [0.3, 0.4) is 0 Å². The van der Waals surface area contributed by atoms with Crippen LogP contribution < -0.4 is 15.8 Å². The van der Waals surface area contributed by atoms with Gasteiger partial charge in [0.05, 0.1) is 4.90 Å². The summed E-state index contributed by atoms with van der Waals surface area (Å²) in [6.45, 7) is 2.34. The molecule has 0 aromatic heterocycles. The fraction of sp³-hybridized carbons (Fsp3) is 0.462. The summed E-state index contributed by atoms with van der Waals surface area (Å²) in [5.74, 6) is -0.117. The van der Waals surface area contributed by atoms with Crippen molar-refractivity contribution in [1.29, 1.82) is 0 Å². The summed E-state index contributed by atoms with van der Waals surface area (Å²) in [6.07, 6.45) is 1.89. The van der Waals surface area contributed by atoms with Crippen molar-refractivity contribution in [1.82, 2.24) is 10.0 Å². The molecular formula is C13H19N3O3S. The second-order valence-electron chi connectivity index (χ2n) is 4.94. The number of sulfonamides is 1. The smallest absolute Gasteiger partial charge is 0.248 e. The summed E-state index contributed by atoms with van der Waals surface area (Å²) >= 11 is 0. The van der Waals surface area contributed by atoms with Crippen LogP contribution in [0.25, 0.3) is 0 Å². The molecule has 1 fully saturated rings. The molecule has 1 heterocycles. The van der Waals surface area contributed by atoms with Crippen molar-refractivity contribution in [2.75, 3.05) is 19.6 Å². The first-order valence-corrected chi connectivity index (χ1v) is 8.07. The zero-order valence-electron chi connectivity index (χ0n) is 11.1. The number of rotatable bonds is 6. The predicted octanol–water partition coefficient (Wildman–Crippen LogP) is 0.0634. The van der Waals surface area contributed by atoms with Crippen molar-refractivity contribution in [3.05, 3.63) is 29.8 Å². The van der Waals surface area contributed by atoms with Crippen molar-refractivity contribution in [3.63, 3.8) is 0 Å². The van der Waals surface area contributed by atoms with E-state index in [0.717, 1.165) is 25.9 Å². The van der Waals surface area contributed by atoms with Crippen LogP contribution in [-0.4, -0.2) is 34.0 Å². The Balaban J connectivity index is 1.98. The maximum absolute atomic E-state index is 12.1. The van der Waals surface area contributed by atoms with Crippen LogP contribution >= 0.6 is 0 Å². The fourth-order valence-corrected chi connectivity index (χ4v) is 3.35. The van der Waals surface area contributed by atoms with Crippen LogP contribution in [-0.2, 0) is 10.0 Å². The molecule has 6 nitrogen and oxygen atoms in total. The Morgan fingerprint density at radius 1 is 1.45 bits per heavy atom. The number of nitrogens with one attached hydrogen (secondary N) is 2. The first-order chi connectivity index (χ1) is 9.49. The molecule has 1 aromatic rings. The normalized spacial score (nSPS) is 19.1. The zero-order chi connectivity index (χ0) is 14.6. The van der Waals surface area contributed by atoms with Gasteiger partial charge < -0.3 is 11.1 Å². The molecule has 110 valence electrons. The minimum absolute atomic E-state index is 0.0679. The fourth-order valence-electron chi connectivity index (χ4n) is 2.26. The second-order valence-corrected chi connectivity index (χ2v) is 6.70. The highest BCUT2D eigenvalue weighted by Crippen LogP contribution is 2.14. The molecule has 4 N–H and O–H groups in total. The maximum atomic E-state index is 12.1. The molecule has 1 unspecified atom stereocenters. The third-order valence-electron chi connectivity index (χ3n) is 3.44. The molecule has 1 amide bonds. The lowest BCUT2D eigenvalue weighted by Crippen LogP contribution is -2.27. The van der Waals surface area contributed by atoms with E-state index in [9.17, 15) is 13.2 Å². The Kier molecular flexibility index (Phi) is 4.74. The van der Waals surface area contributed by atoms with Crippen LogP contribution in [0, 0.1) is 5.92 Å². The Bertz CT molecular complexity index is 580. The first-order valence-electron chi connectivity index (χ1n) is 6.59. The summed E-state index contributed by atoms with van der Waals surface area (Å²) in [6, 6.07) is 5.74. The van der Waals surface area contributed by atoms with Gasteiger partial charge in [-0.15, -0.1) is 0 Å². The molecular weight excluding hydrogens is 278 g/mol. The van der Waals surface area contributed by atoms with Gasteiger partial charge in [0.15, 0.2) is 0 Å². The van der Waals surface area contributed by atoms with Gasteiger partial charge in [-0.25, -0.2) is 13.1 Å². The molecule has 0 radical (unpaired) electrons. The molecule has 0 saturated carbocycles. The number of nitrogens with two attached hydrogens (primary N) is 1. The van der Waals surface area contributed by atoms with Crippen molar-refractivity contribution in [3.8, 4) is 0 Å². The van der Waals surface area contributed by atoms with E-state index in [1.54, 1.807) is 0 Å². The molecule has 7 heteroatoms. The second kappa shape index (κ2) is 6.34. The summed E-state index contributed by atoms with van der Waals surface area (Å²) in [7, 11) is -3.59. The SMILES string of the molecule is NC(=O)c1cccc(S(=O)(=O)NCCC2CCNC2)c1. The van der Waals surface area contributed by atoms with E-state index < -0.39 is 15.9 Å². The Morgan fingerprint density at radius 2 is 2.25 bits per heavy atom. The van der Waals surface area contributed by atoms with Crippen LogP contribution in [0.2, 0.25) is 0 Å². The summed E-state index contributed by atoms with van der Waals surface area (Å²) in [5, 5.41) is 3.24. The largest absolute Gasteiger partial charge is 0.366 e.